The van der Waals surface area contributed by atoms with Gasteiger partial charge in [-0.3, -0.25) is 5.01 Å². The summed E-state index contributed by atoms with van der Waals surface area (Å²) in [6.07, 6.45) is 9.30. The van der Waals surface area contributed by atoms with Crippen molar-refractivity contribution in [3.63, 3.8) is 0 Å². The smallest absolute Gasteiger partial charge is 0.193 e. The number of hydrogen-bond donors (Lipinski definition) is 2. The number of piperidine rings is 1. The van der Waals surface area contributed by atoms with Crippen LogP contribution in [0.15, 0.2) is 76.6 Å². The van der Waals surface area contributed by atoms with E-state index in [0.717, 1.165) is 41.8 Å². The molecule has 33 heavy (non-hydrogen) atoms. The first kappa shape index (κ1) is 21.7. The number of fused-ring (bicyclic) bond motifs is 1. The highest BCUT2D eigenvalue weighted by Crippen LogP contribution is 2.28. The van der Waals surface area contributed by atoms with Gasteiger partial charge in [0, 0.05) is 30.7 Å². The second-order valence-electron chi connectivity index (χ2n) is 8.92. The summed E-state index contributed by atoms with van der Waals surface area (Å²) in [5, 5.41) is 5.36. The van der Waals surface area contributed by atoms with Crippen molar-refractivity contribution in [1.29, 1.82) is 0 Å². The van der Waals surface area contributed by atoms with Crippen LogP contribution in [0.2, 0.25) is 0 Å². The van der Waals surface area contributed by atoms with Gasteiger partial charge in [-0.05, 0) is 72.9 Å². The van der Waals surface area contributed by atoms with Crippen molar-refractivity contribution in [2.24, 2.45) is 10.9 Å². The zero-order valence-corrected chi connectivity index (χ0v) is 19.7. The molecule has 2 aromatic rings. The number of allylic oxidation sites excluding steroid dienone is 2. The molecule has 7 nitrogen and oxygen atoms in total. The van der Waals surface area contributed by atoms with Gasteiger partial charge in [0.25, 0.3) is 0 Å². The van der Waals surface area contributed by atoms with Crippen LogP contribution in [-0.2, 0) is 9.84 Å². The molecule has 0 aromatic heterocycles. The largest absolute Gasteiger partial charge is 0.372 e. The molecule has 0 spiro atoms. The Balaban J connectivity index is 1.26. The van der Waals surface area contributed by atoms with Crippen molar-refractivity contribution in [3.05, 3.63) is 72.3 Å². The van der Waals surface area contributed by atoms with Gasteiger partial charge in [-0.15, -0.1) is 0 Å². The van der Waals surface area contributed by atoms with Crippen LogP contribution in [0.25, 0.3) is 5.70 Å². The van der Waals surface area contributed by atoms with Gasteiger partial charge >= 0.3 is 0 Å². The molecule has 172 valence electrons. The molecule has 8 heteroatoms. The lowest BCUT2D eigenvalue weighted by molar-refractivity contribution is 0.418. The second kappa shape index (κ2) is 8.68. The third-order valence-electron chi connectivity index (χ3n) is 6.38. The lowest BCUT2D eigenvalue weighted by atomic mass is 9.99. The summed E-state index contributed by atoms with van der Waals surface area (Å²) in [7, 11) is -3.22. The summed E-state index contributed by atoms with van der Waals surface area (Å²) >= 11 is 0. The molecule has 0 amide bonds. The van der Waals surface area contributed by atoms with Gasteiger partial charge in [0.05, 0.1) is 10.6 Å². The Bertz CT molecular complexity index is 1210. The minimum absolute atomic E-state index is 0.303. The lowest BCUT2D eigenvalue weighted by Crippen LogP contribution is -2.42. The molecule has 0 bridgehead atoms. The fourth-order valence-electron chi connectivity index (χ4n) is 4.37. The van der Waals surface area contributed by atoms with Gasteiger partial charge in [-0.1, -0.05) is 25.1 Å². The second-order valence-corrected chi connectivity index (χ2v) is 10.9. The maximum absolute atomic E-state index is 11.8. The summed E-state index contributed by atoms with van der Waals surface area (Å²) < 4.78 is 23.5. The molecule has 0 aliphatic carbocycles. The van der Waals surface area contributed by atoms with Crippen LogP contribution in [0.4, 0.5) is 11.4 Å². The average molecular weight is 464 g/mol. The first-order valence-corrected chi connectivity index (χ1v) is 13.2. The maximum atomic E-state index is 11.8. The van der Waals surface area contributed by atoms with Gasteiger partial charge in [0.1, 0.15) is 5.84 Å². The summed E-state index contributed by atoms with van der Waals surface area (Å²) in [5.74, 6) is 1.62. The van der Waals surface area contributed by atoms with Gasteiger partial charge in [-0.2, -0.15) is 5.43 Å². The molecule has 0 saturated carbocycles. The van der Waals surface area contributed by atoms with Crippen LogP contribution in [0.1, 0.15) is 25.3 Å². The monoisotopic (exact) mass is 463 g/mol. The van der Waals surface area contributed by atoms with E-state index in [1.165, 1.54) is 24.8 Å². The highest BCUT2D eigenvalue weighted by molar-refractivity contribution is 7.90. The highest BCUT2D eigenvalue weighted by atomic mass is 32.2. The van der Waals surface area contributed by atoms with Gasteiger partial charge in [0.2, 0.25) is 0 Å². The Morgan fingerprint density at radius 2 is 1.73 bits per heavy atom. The Morgan fingerprint density at radius 3 is 2.39 bits per heavy atom. The van der Waals surface area contributed by atoms with E-state index >= 15 is 0 Å². The number of benzene rings is 2. The van der Waals surface area contributed by atoms with E-state index in [-0.39, 0.29) is 6.29 Å². The van der Waals surface area contributed by atoms with Crippen LogP contribution in [-0.4, -0.2) is 44.9 Å². The van der Waals surface area contributed by atoms with Crippen LogP contribution < -0.4 is 15.6 Å². The SMILES string of the molecule is CC1CCN(c2ccc(NC3N=C4C=CC=C(c5ccc(S(C)(=O)=O)cc5)N4N3)cc2)CC1. The molecule has 3 aliphatic heterocycles. The van der Waals surface area contributed by atoms with Crippen molar-refractivity contribution >= 4 is 32.7 Å². The van der Waals surface area contributed by atoms with Gasteiger partial charge in [0.15, 0.2) is 16.1 Å². The molecular formula is C25H29N5O2S. The number of nitrogens with one attached hydrogen (secondary N) is 2. The average Bonchev–Trinajstić information content (AvgIpc) is 3.22. The number of nitrogens with zero attached hydrogens (tertiary/aromatic N) is 3. The third kappa shape index (κ3) is 4.67. The molecule has 0 radical (unpaired) electrons. The number of aliphatic imine (C=N–C) groups is 1. The van der Waals surface area contributed by atoms with Crippen molar-refractivity contribution in [2.75, 3.05) is 29.6 Å². The highest BCUT2D eigenvalue weighted by Gasteiger charge is 2.28. The van der Waals surface area contributed by atoms with Crippen LogP contribution in [0, 0.1) is 5.92 Å². The number of hydrazine groups is 1. The summed E-state index contributed by atoms with van der Waals surface area (Å²) in [6.45, 7) is 4.56. The maximum Gasteiger partial charge on any atom is 0.193 e. The van der Waals surface area contributed by atoms with Crippen molar-refractivity contribution in [2.45, 2.75) is 31.0 Å². The van der Waals surface area contributed by atoms with E-state index in [9.17, 15) is 8.42 Å². The third-order valence-corrected chi connectivity index (χ3v) is 7.51. The van der Waals surface area contributed by atoms with E-state index in [2.05, 4.69) is 46.8 Å². The summed E-state index contributed by atoms with van der Waals surface area (Å²) in [4.78, 5) is 7.51. The first-order valence-electron chi connectivity index (χ1n) is 11.3. The fourth-order valence-corrected chi connectivity index (χ4v) is 5.00. The predicted molar refractivity (Wildman–Crippen MR) is 134 cm³/mol. The topological polar surface area (TPSA) is 77.0 Å². The van der Waals surface area contributed by atoms with E-state index in [4.69, 9.17) is 4.99 Å². The Morgan fingerprint density at radius 1 is 1.03 bits per heavy atom. The minimum atomic E-state index is -3.22. The number of hydrogen-bond acceptors (Lipinski definition) is 7. The zero-order chi connectivity index (χ0) is 23.0. The first-order chi connectivity index (χ1) is 15.9. The van der Waals surface area contributed by atoms with E-state index in [1.54, 1.807) is 12.1 Å². The standard InChI is InChI=1S/C25H29N5O2S/c1-18-14-16-29(17-15-18)21-10-8-20(9-11-21)26-25-27-24-5-3-4-23(30(24)28-25)19-6-12-22(13-7-19)33(2,31)32/h3-13,18,25-26,28H,14-17H2,1-2H3. The van der Waals surface area contributed by atoms with Crippen molar-refractivity contribution in [3.8, 4) is 0 Å². The van der Waals surface area contributed by atoms with Crippen LogP contribution >= 0.6 is 0 Å². The van der Waals surface area contributed by atoms with E-state index in [0.29, 0.717) is 4.90 Å². The number of sulfone groups is 1. The Labute approximate surface area is 195 Å². The quantitative estimate of drug-likeness (QED) is 0.701. The number of rotatable bonds is 5. The number of anilines is 2. The van der Waals surface area contributed by atoms with E-state index < -0.39 is 9.84 Å². The molecule has 1 unspecified atom stereocenters. The molecule has 1 fully saturated rings. The van der Waals surface area contributed by atoms with Crippen LogP contribution in [0.5, 0.6) is 0 Å². The van der Waals surface area contributed by atoms with Crippen molar-refractivity contribution < 1.29 is 8.42 Å². The molecule has 5 rings (SSSR count). The molecular weight excluding hydrogens is 434 g/mol. The van der Waals surface area contributed by atoms with Crippen molar-refractivity contribution in [1.82, 2.24) is 10.4 Å². The minimum Gasteiger partial charge on any atom is -0.372 e. The Kier molecular flexibility index (Phi) is 5.72. The molecule has 2 N–H and O–H groups in total. The Hall–Kier alpha value is -3.10. The van der Waals surface area contributed by atoms with E-state index in [1.807, 2.05) is 35.4 Å². The van der Waals surface area contributed by atoms with Gasteiger partial charge < -0.3 is 10.2 Å². The molecule has 1 atom stereocenters. The summed E-state index contributed by atoms with van der Waals surface area (Å²) in [6, 6.07) is 15.5. The van der Waals surface area contributed by atoms with Gasteiger partial charge in [-0.25, -0.2) is 13.4 Å². The van der Waals surface area contributed by atoms with Crippen LogP contribution in [0.3, 0.4) is 0 Å². The lowest BCUT2D eigenvalue weighted by Gasteiger charge is -2.32. The molecule has 1 saturated heterocycles. The molecule has 2 aromatic carbocycles. The normalized spacial score (nSPS) is 21.0. The number of amidine groups is 1. The zero-order valence-electron chi connectivity index (χ0n) is 18.9. The predicted octanol–water partition coefficient (Wildman–Crippen LogP) is 3.85. The fraction of sp³-hybridized carbons (Fsp3) is 0.320. The summed E-state index contributed by atoms with van der Waals surface area (Å²) in [5.41, 5.74) is 7.47. The molecule has 3 aliphatic rings. The molecule has 3 heterocycles.